The zero-order valence-corrected chi connectivity index (χ0v) is 17.0. The van der Waals surface area contributed by atoms with Gasteiger partial charge in [0.1, 0.15) is 13.2 Å². The minimum atomic E-state index is -0.539. The number of para-hydroxylation sites is 1. The van der Waals surface area contributed by atoms with Gasteiger partial charge in [-0.15, -0.1) is 11.3 Å². The van der Waals surface area contributed by atoms with Gasteiger partial charge in [0.25, 0.3) is 0 Å². The second kappa shape index (κ2) is 7.84. The lowest BCUT2D eigenvalue weighted by atomic mass is 9.89. The molecule has 6 nitrogen and oxygen atoms in total. The van der Waals surface area contributed by atoms with Gasteiger partial charge in [-0.05, 0) is 35.2 Å². The Labute approximate surface area is 178 Å². The Hall–Kier alpha value is -3.32. The summed E-state index contributed by atoms with van der Waals surface area (Å²) in [6.07, 6.45) is 0.126. The van der Waals surface area contributed by atoms with Crippen LogP contribution in [-0.4, -0.2) is 25.0 Å². The van der Waals surface area contributed by atoms with Crippen molar-refractivity contribution in [3.63, 3.8) is 0 Å². The number of carbonyl (C=O) groups is 2. The number of anilines is 2. The highest BCUT2D eigenvalue weighted by Gasteiger charge is 2.34. The van der Waals surface area contributed by atoms with Gasteiger partial charge in [-0.2, -0.15) is 0 Å². The van der Waals surface area contributed by atoms with Crippen LogP contribution in [0.5, 0.6) is 11.5 Å². The molecule has 5 rings (SSSR count). The van der Waals surface area contributed by atoms with Crippen LogP contribution in [-0.2, 0) is 16.1 Å². The first kappa shape index (κ1) is 18.7. The number of fused-ring (bicyclic) bond motifs is 2. The molecule has 0 radical (unpaired) electrons. The zero-order chi connectivity index (χ0) is 20.5. The van der Waals surface area contributed by atoms with Crippen LogP contribution in [0.1, 0.15) is 22.8 Å². The molecule has 1 atom stereocenters. The first-order chi connectivity index (χ1) is 14.7. The topological polar surface area (TPSA) is 67.9 Å². The highest BCUT2D eigenvalue weighted by Crippen LogP contribution is 2.38. The Morgan fingerprint density at radius 3 is 2.73 bits per heavy atom. The average molecular weight is 420 g/mol. The largest absolute Gasteiger partial charge is 0.486 e. The number of nitrogens with one attached hydrogen (secondary N) is 1. The van der Waals surface area contributed by atoms with Crippen LogP contribution >= 0.6 is 11.3 Å². The van der Waals surface area contributed by atoms with Crippen LogP contribution in [0.25, 0.3) is 0 Å². The molecule has 3 aromatic rings. The molecule has 2 amide bonds. The van der Waals surface area contributed by atoms with Gasteiger partial charge in [0.15, 0.2) is 11.5 Å². The summed E-state index contributed by atoms with van der Waals surface area (Å²) in [7, 11) is 0. The summed E-state index contributed by atoms with van der Waals surface area (Å²) in [6.45, 7) is 1.42. The number of benzene rings is 2. The standard InChI is InChI=1S/C23H20N2O4S/c26-22-13-18(17-5-1-2-6-19(17)24-22)23(27)25(14-16-4-3-11-30-16)15-7-8-20-21(12-15)29-10-9-28-20/h1-8,11-12,18H,9-10,13-14H2,(H,24,26). The molecule has 2 aromatic carbocycles. The first-order valence-corrected chi connectivity index (χ1v) is 10.7. The summed E-state index contributed by atoms with van der Waals surface area (Å²) in [5.41, 5.74) is 2.27. The van der Waals surface area contributed by atoms with Crippen molar-refractivity contribution in [2.45, 2.75) is 18.9 Å². The number of hydrogen-bond donors (Lipinski definition) is 1. The molecule has 0 bridgehead atoms. The summed E-state index contributed by atoms with van der Waals surface area (Å²) >= 11 is 1.60. The highest BCUT2D eigenvalue weighted by atomic mass is 32.1. The molecule has 3 heterocycles. The van der Waals surface area contributed by atoms with Gasteiger partial charge in [0.05, 0.1) is 12.5 Å². The van der Waals surface area contributed by atoms with Gasteiger partial charge < -0.3 is 19.7 Å². The molecule has 0 saturated carbocycles. The fraction of sp³-hybridized carbons (Fsp3) is 0.217. The van der Waals surface area contributed by atoms with Crippen molar-refractivity contribution in [2.24, 2.45) is 0 Å². The number of thiophene rings is 1. The van der Waals surface area contributed by atoms with Crippen molar-refractivity contribution < 1.29 is 19.1 Å². The lowest BCUT2D eigenvalue weighted by Gasteiger charge is -2.31. The highest BCUT2D eigenvalue weighted by molar-refractivity contribution is 7.09. The molecular weight excluding hydrogens is 400 g/mol. The maximum atomic E-state index is 13.8. The summed E-state index contributed by atoms with van der Waals surface area (Å²) in [6, 6.07) is 17.0. The van der Waals surface area contributed by atoms with E-state index in [2.05, 4.69) is 5.32 Å². The van der Waals surface area contributed by atoms with Crippen LogP contribution < -0.4 is 19.7 Å². The third-order valence-corrected chi connectivity index (χ3v) is 6.16. The second-order valence-corrected chi connectivity index (χ2v) is 8.26. The van der Waals surface area contributed by atoms with E-state index in [1.165, 1.54) is 0 Å². The molecule has 152 valence electrons. The van der Waals surface area contributed by atoms with Crippen molar-refractivity contribution in [3.8, 4) is 11.5 Å². The predicted molar refractivity (Wildman–Crippen MR) is 115 cm³/mol. The van der Waals surface area contributed by atoms with Gasteiger partial charge in [0, 0.05) is 28.7 Å². The lowest BCUT2D eigenvalue weighted by molar-refractivity contribution is -0.124. The van der Waals surface area contributed by atoms with E-state index in [1.807, 2.05) is 60.0 Å². The monoisotopic (exact) mass is 420 g/mol. The normalized spacial score (nSPS) is 17.1. The lowest BCUT2D eigenvalue weighted by Crippen LogP contribution is -2.38. The zero-order valence-electron chi connectivity index (χ0n) is 16.2. The molecule has 0 fully saturated rings. The van der Waals surface area contributed by atoms with Gasteiger partial charge in [-0.1, -0.05) is 24.3 Å². The van der Waals surface area contributed by atoms with E-state index in [0.29, 0.717) is 36.9 Å². The van der Waals surface area contributed by atoms with Crippen LogP contribution in [0.4, 0.5) is 11.4 Å². The molecule has 2 aliphatic heterocycles. The average Bonchev–Trinajstić information content (AvgIpc) is 3.29. The predicted octanol–water partition coefficient (Wildman–Crippen LogP) is 4.18. The van der Waals surface area contributed by atoms with E-state index < -0.39 is 5.92 Å². The van der Waals surface area contributed by atoms with Crippen LogP contribution in [0.2, 0.25) is 0 Å². The number of hydrogen-bond acceptors (Lipinski definition) is 5. The summed E-state index contributed by atoms with van der Waals surface area (Å²) < 4.78 is 11.3. The fourth-order valence-electron chi connectivity index (χ4n) is 3.87. The molecule has 0 saturated heterocycles. The van der Waals surface area contributed by atoms with Gasteiger partial charge in [-0.3, -0.25) is 9.59 Å². The summed E-state index contributed by atoms with van der Waals surface area (Å²) in [4.78, 5) is 28.9. The second-order valence-electron chi connectivity index (χ2n) is 7.22. The van der Waals surface area contributed by atoms with E-state index in [0.717, 1.165) is 16.1 Å². The molecule has 1 N–H and O–H groups in total. The van der Waals surface area contributed by atoms with Crippen LogP contribution in [0.3, 0.4) is 0 Å². The number of nitrogens with zero attached hydrogens (tertiary/aromatic N) is 1. The van der Waals surface area contributed by atoms with Crippen LogP contribution in [0.15, 0.2) is 60.0 Å². The maximum absolute atomic E-state index is 13.8. The Morgan fingerprint density at radius 2 is 1.90 bits per heavy atom. The molecule has 1 aromatic heterocycles. The van der Waals surface area contributed by atoms with Crippen molar-refractivity contribution in [1.82, 2.24) is 0 Å². The quantitative estimate of drug-likeness (QED) is 0.688. The number of ether oxygens (including phenoxy) is 2. The van der Waals surface area contributed by atoms with Gasteiger partial charge >= 0.3 is 0 Å². The number of rotatable bonds is 4. The Bertz CT molecular complexity index is 1100. The summed E-state index contributed by atoms with van der Waals surface area (Å²) in [5, 5.41) is 4.86. The van der Waals surface area contributed by atoms with Crippen molar-refractivity contribution in [3.05, 3.63) is 70.4 Å². The van der Waals surface area contributed by atoms with Crippen molar-refractivity contribution >= 4 is 34.5 Å². The van der Waals surface area contributed by atoms with E-state index in [9.17, 15) is 9.59 Å². The van der Waals surface area contributed by atoms with E-state index in [4.69, 9.17) is 9.47 Å². The molecule has 0 aliphatic carbocycles. The van der Waals surface area contributed by atoms with Gasteiger partial charge in [0.2, 0.25) is 11.8 Å². The third-order valence-electron chi connectivity index (χ3n) is 5.30. The molecule has 7 heteroatoms. The van der Waals surface area contributed by atoms with E-state index >= 15 is 0 Å². The smallest absolute Gasteiger partial charge is 0.235 e. The minimum absolute atomic E-state index is 0.109. The molecule has 2 aliphatic rings. The maximum Gasteiger partial charge on any atom is 0.235 e. The van der Waals surface area contributed by atoms with Gasteiger partial charge in [-0.25, -0.2) is 0 Å². The van der Waals surface area contributed by atoms with E-state index in [1.54, 1.807) is 16.2 Å². The third kappa shape index (κ3) is 3.52. The van der Waals surface area contributed by atoms with Crippen LogP contribution in [0, 0.1) is 0 Å². The van der Waals surface area contributed by atoms with Crippen molar-refractivity contribution in [2.75, 3.05) is 23.4 Å². The van der Waals surface area contributed by atoms with E-state index in [-0.39, 0.29) is 18.2 Å². The molecule has 1 unspecified atom stereocenters. The Morgan fingerprint density at radius 1 is 1.07 bits per heavy atom. The minimum Gasteiger partial charge on any atom is -0.486 e. The number of carbonyl (C=O) groups excluding carboxylic acids is 2. The fourth-order valence-corrected chi connectivity index (χ4v) is 4.57. The Balaban J connectivity index is 1.54. The first-order valence-electron chi connectivity index (χ1n) is 9.81. The summed E-state index contributed by atoms with van der Waals surface area (Å²) in [5.74, 6) is 0.510. The Kier molecular flexibility index (Phi) is 4.88. The molecule has 30 heavy (non-hydrogen) atoms. The number of amides is 2. The van der Waals surface area contributed by atoms with Crippen molar-refractivity contribution in [1.29, 1.82) is 0 Å². The SMILES string of the molecule is O=C1CC(C(=O)N(Cc2cccs2)c2ccc3c(c2)OCCO3)c2ccccc2N1. The molecule has 0 spiro atoms. The molecular formula is C23H20N2O4S.